The maximum absolute atomic E-state index is 11.5. The minimum absolute atomic E-state index is 0.338. The quantitative estimate of drug-likeness (QED) is 0.516. The van der Waals surface area contributed by atoms with Crippen molar-refractivity contribution in [3.05, 3.63) is 23.8 Å². The SMILES string of the molecule is CCOC(=O)C=Cc1cc(OCC)cc(OCC)c1OCC. The molecule has 1 rings (SSSR count). The van der Waals surface area contributed by atoms with Gasteiger partial charge >= 0.3 is 5.97 Å². The topological polar surface area (TPSA) is 54.0 Å². The zero-order chi connectivity index (χ0) is 16.4. The van der Waals surface area contributed by atoms with Crippen LogP contribution in [0, 0.1) is 0 Å². The fourth-order valence-electron chi connectivity index (χ4n) is 1.88. The van der Waals surface area contributed by atoms with Crippen molar-refractivity contribution in [1.82, 2.24) is 0 Å². The fourth-order valence-corrected chi connectivity index (χ4v) is 1.88. The van der Waals surface area contributed by atoms with E-state index in [1.54, 1.807) is 19.1 Å². The van der Waals surface area contributed by atoms with Gasteiger partial charge < -0.3 is 18.9 Å². The summed E-state index contributed by atoms with van der Waals surface area (Å²) in [5, 5.41) is 0. The Labute approximate surface area is 131 Å². The van der Waals surface area contributed by atoms with Crippen LogP contribution in [0.15, 0.2) is 18.2 Å². The molecule has 0 aliphatic rings. The maximum atomic E-state index is 11.5. The normalized spacial score (nSPS) is 10.5. The van der Waals surface area contributed by atoms with E-state index in [2.05, 4.69) is 0 Å². The Morgan fingerprint density at radius 2 is 1.64 bits per heavy atom. The standard InChI is InChI=1S/C17H24O5/c1-5-19-14-11-13(9-10-16(18)21-7-3)17(22-8-4)15(12-14)20-6-2/h9-12H,5-8H2,1-4H3. The van der Waals surface area contributed by atoms with Crippen molar-refractivity contribution in [2.45, 2.75) is 27.7 Å². The lowest BCUT2D eigenvalue weighted by atomic mass is 10.1. The van der Waals surface area contributed by atoms with Crippen LogP contribution in [0.5, 0.6) is 17.2 Å². The molecule has 0 radical (unpaired) electrons. The Kier molecular flexibility index (Phi) is 7.89. The summed E-state index contributed by atoms with van der Waals surface area (Å²) in [6.07, 6.45) is 3.01. The third-order valence-corrected chi connectivity index (χ3v) is 2.64. The number of benzene rings is 1. The van der Waals surface area contributed by atoms with E-state index < -0.39 is 5.97 Å². The van der Waals surface area contributed by atoms with Crippen LogP contribution in [0.4, 0.5) is 0 Å². The zero-order valence-electron chi connectivity index (χ0n) is 13.7. The molecule has 0 heterocycles. The highest BCUT2D eigenvalue weighted by atomic mass is 16.5. The molecule has 1 aromatic rings. The molecule has 0 spiro atoms. The minimum atomic E-state index is -0.398. The van der Waals surface area contributed by atoms with Crippen molar-refractivity contribution in [1.29, 1.82) is 0 Å². The number of hydrogen-bond donors (Lipinski definition) is 0. The van der Waals surface area contributed by atoms with E-state index >= 15 is 0 Å². The van der Waals surface area contributed by atoms with Gasteiger partial charge in [-0.1, -0.05) is 0 Å². The first-order valence-electron chi connectivity index (χ1n) is 7.57. The summed E-state index contributed by atoms with van der Waals surface area (Å²) in [6.45, 7) is 9.35. The predicted octanol–water partition coefficient (Wildman–Crippen LogP) is 3.46. The Bertz CT molecular complexity index is 508. The number of carbonyl (C=O) groups excluding carboxylic acids is 1. The lowest BCUT2D eigenvalue weighted by Gasteiger charge is -2.15. The van der Waals surface area contributed by atoms with E-state index in [4.69, 9.17) is 18.9 Å². The van der Waals surface area contributed by atoms with E-state index in [1.165, 1.54) is 6.08 Å². The molecule has 0 aliphatic heterocycles. The molecule has 0 saturated heterocycles. The summed E-state index contributed by atoms with van der Waals surface area (Å²) in [5.41, 5.74) is 0.712. The summed E-state index contributed by atoms with van der Waals surface area (Å²) in [7, 11) is 0. The van der Waals surface area contributed by atoms with Gasteiger partial charge in [0, 0.05) is 17.7 Å². The molecule has 0 fully saturated rings. The molecule has 1 aromatic carbocycles. The first-order valence-corrected chi connectivity index (χ1v) is 7.57. The van der Waals surface area contributed by atoms with Crippen LogP contribution in [0.3, 0.4) is 0 Å². The molecule has 0 saturated carbocycles. The highest BCUT2D eigenvalue weighted by molar-refractivity contribution is 5.88. The van der Waals surface area contributed by atoms with E-state index in [9.17, 15) is 4.79 Å². The number of hydrogen-bond acceptors (Lipinski definition) is 5. The third kappa shape index (κ3) is 5.31. The van der Waals surface area contributed by atoms with Crippen LogP contribution in [0.1, 0.15) is 33.3 Å². The molecule has 5 heteroatoms. The van der Waals surface area contributed by atoms with Crippen LogP contribution >= 0.6 is 0 Å². The molecule has 0 aliphatic carbocycles. The Hall–Kier alpha value is -2.17. The van der Waals surface area contributed by atoms with E-state index in [1.807, 2.05) is 26.8 Å². The average Bonchev–Trinajstić information content (AvgIpc) is 2.49. The molecule has 0 atom stereocenters. The minimum Gasteiger partial charge on any atom is -0.494 e. The van der Waals surface area contributed by atoms with Crippen molar-refractivity contribution >= 4 is 12.0 Å². The number of esters is 1. The van der Waals surface area contributed by atoms with Gasteiger partial charge in [0.1, 0.15) is 5.75 Å². The van der Waals surface area contributed by atoms with Crippen molar-refractivity contribution in [3.63, 3.8) is 0 Å². The van der Waals surface area contributed by atoms with Crippen LogP contribution in [-0.4, -0.2) is 32.4 Å². The van der Waals surface area contributed by atoms with Gasteiger partial charge in [-0.3, -0.25) is 0 Å². The van der Waals surface area contributed by atoms with Crippen LogP contribution < -0.4 is 14.2 Å². The molecule has 0 amide bonds. The summed E-state index contributed by atoms with van der Waals surface area (Å²) in [6, 6.07) is 3.60. The molecular formula is C17H24O5. The van der Waals surface area contributed by atoms with Gasteiger partial charge in [0.05, 0.1) is 26.4 Å². The third-order valence-electron chi connectivity index (χ3n) is 2.64. The van der Waals surface area contributed by atoms with E-state index in [0.717, 1.165) is 0 Å². The van der Waals surface area contributed by atoms with Gasteiger partial charge in [0.15, 0.2) is 11.5 Å². The van der Waals surface area contributed by atoms with Crippen LogP contribution in [0.2, 0.25) is 0 Å². The molecular weight excluding hydrogens is 284 g/mol. The Morgan fingerprint density at radius 3 is 2.23 bits per heavy atom. The smallest absolute Gasteiger partial charge is 0.330 e. The summed E-state index contributed by atoms with van der Waals surface area (Å²) < 4.78 is 21.7. The average molecular weight is 308 g/mol. The van der Waals surface area contributed by atoms with Crippen molar-refractivity contribution in [2.75, 3.05) is 26.4 Å². The van der Waals surface area contributed by atoms with E-state index in [0.29, 0.717) is 49.2 Å². The van der Waals surface area contributed by atoms with Gasteiger partial charge in [-0.05, 0) is 39.8 Å². The summed E-state index contributed by atoms with van der Waals surface area (Å²) in [5.74, 6) is 1.45. The second-order valence-corrected chi connectivity index (χ2v) is 4.22. The Morgan fingerprint density at radius 1 is 0.955 bits per heavy atom. The second kappa shape index (κ2) is 9.71. The highest BCUT2D eigenvalue weighted by Gasteiger charge is 2.13. The number of rotatable bonds is 9. The highest BCUT2D eigenvalue weighted by Crippen LogP contribution is 2.37. The van der Waals surface area contributed by atoms with Crippen molar-refractivity contribution in [2.24, 2.45) is 0 Å². The first-order chi connectivity index (χ1) is 10.7. The molecule has 0 unspecified atom stereocenters. The van der Waals surface area contributed by atoms with E-state index in [-0.39, 0.29) is 0 Å². The molecule has 0 bridgehead atoms. The van der Waals surface area contributed by atoms with Gasteiger partial charge in [0.2, 0.25) is 0 Å². The molecule has 5 nitrogen and oxygen atoms in total. The fraction of sp³-hybridized carbons (Fsp3) is 0.471. The molecule has 122 valence electrons. The Balaban J connectivity index is 3.20. The van der Waals surface area contributed by atoms with Gasteiger partial charge in [-0.25, -0.2) is 4.79 Å². The summed E-state index contributed by atoms with van der Waals surface area (Å²) in [4.78, 5) is 11.5. The van der Waals surface area contributed by atoms with Crippen molar-refractivity contribution in [3.8, 4) is 17.2 Å². The van der Waals surface area contributed by atoms with Crippen LogP contribution in [-0.2, 0) is 9.53 Å². The first kappa shape index (κ1) is 17.9. The van der Waals surface area contributed by atoms with Gasteiger partial charge in [-0.2, -0.15) is 0 Å². The largest absolute Gasteiger partial charge is 0.494 e. The zero-order valence-corrected chi connectivity index (χ0v) is 13.7. The molecule has 22 heavy (non-hydrogen) atoms. The monoisotopic (exact) mass is 308 g/mol. The molecule has 0 aromatic heterocycles. The van der Waals surface area contributed by atoms with Gasteiger partial charge in [0.25, 0.3) is 0 Å². The lowest BCUT2D eigenvalue weighted by molar-refractivity contribution is -0.137. The number of carbonyl (C=O) groups is 1. The van der Waals surface area contributed by atoms with Gasteiger partial charge in [-0.15, -0.1) is 0 Å². The lowest BCUT2D eigenvalue weighted by Crippen LogP contribution is -2.03. The number of ether oxygens (including phenoxy) is 4. The molecule has 0 N–H and O–H groups in total. The predicted molar refractivity (Wildman–Crippen MR) is 85.6 cm³/mol. The van der Waals surface area contributed by atoms with Crippen LogP contribution in [0.25, 0.3) is 6.08 Å². The second-order valence-electron chi connectivity index (χ2n) is 4.22. The maximum Gasteiger partial charge on any atom is 0.330 e. The van der Waals surface area contributed by atoms with Crippen molar-refractivity contribution < 1.29 is 23.7 Å². The summed E-state index contributed by atoms with van der Waals surface area (Å²) >= 11 is 0.